The SMILES string of the molecule is [O-]N1CNc2c(-c3ccccc3)cc3ncc(N4CCNCC4)nc3c21. The molecular weight excluding hydrogens is 328 g/mol. The number of rotatable bonds is 2. The zero-order valence-electron chi connectivity index (χ0n) is 14.3. The van der Waals surface area contributed by atoms with Gasteiger partial charge in [0, 0.05) is 31.7 Å². The topological polar surface area (TPSA) is 79.4 Å². The fourth-order valence-electron chi connectivity index (χ4n) is 3.67. The summed E-state index contributed by atoms with van der Waals surface area (Å²) in [6, 6.07) is 12.1. The molecule has 2 aliphatic rings. The van der Waals surface area contributed by atoms with Gasteiger partial charge < -0.3 is 25.8 Å². The van der Waals surface area contributed by atoms with E-state index < -0.39 is 0 Å². The van der Waals surface area contributed by atoms with Crippen LogP contribution in [0.25, 0.3) is 22.2 Å². The Bertz CT molecular complexity index is 955. The highest BCUT2D eigenvalue weighted by Crippen LogP contribution is 2.44. The Morgan fingerprint density at radius 3 is 2.69 bits per heavy atom. The summed E-state index contributed by atoms with van der Waals surface area (Å²) in [5.74, 6) is 0.828. The molecule has 0 radical (unpaired) electrons. The molecule has 0 amide bonds. The molecule has 3 heterocycles. The minimum Gasteiger partial charge on any atom is -0.757 e. The largest absolute Gasteiger partial charge is 0.757 e. The van der Waals surface area contributed by atoms with E-state index in [2.05, 4.69) is 20.5 Å². The highest BCUT2D eigenvalue weighted by atomic mass is 16.5. The van der Waals surface area contributed by atoms with Crippen LogP contribution in [0.2, 0.25) is 0 Å². The lowest BCUT2D eigenvalue weighted by Crippen LogP contribution is -2.43. The molecule has 7 nitrogen and oxygen atoms in total. The van der Waals surface area contributed by atoms with Crippen LogP contribution in [0.5, 0.6) is 0 Å². The Balaban J connectivity index is 1.69. The maximum atomic E-state index is 12.5. The molecule has 0 atom stereocenters. The third-order valence-electron chi connectivity index (χ3n) is 4.97. The van der Waals surface area contributed by atoms with Gasteiger partial charge in [-0.25, -0.2) is 4.98 Å². The minimum atomic E-state index is 0.230. The van der Waals surface area contributed by atoms with Gasteiger partial charge in [0.2, 0.25) is 0 Å². The van der Waals surface area contributed by atoms with Crippen LogP contribution in [0.1, 0.15) is 0 Å². The first-order valence-electron chi connectivity index (χ1n) is 8.84. The molecule has 2 aromatic carbocycles. The normalized spacial score (nSPS) is 16.7. The third kappa shape index (κ3) is 2.44. The molecule has 3 aromatic rings. The van der Waals surface area contributed by atoms with E-state index in [1.165, 1.54) is 0 Å². The second kappa shape index (κ2) is 6.12. The lowest BCUT2D eigenvalue weighted by atomic mass is 10.0. The number of hydroxylamine groups is 1. The predicted molar refractivity (Wildman–Crippen MR) is 104 cm³/mol. The number of aromatic nitrogens is 2. The summed E-state index contributed by atoms with van der Waals surface area (Å²) < 4.78 is 0. The summed E-state index contributed by atoms with van der Waals surface area (Å²) in [6.07, 6.45) is 1.81. The molecule has 0 spiro atoms. The molecule has 0 aliphatic carbocycles. The first-order valence-corrected chi connectivity index (χ1v) is 8.84. The average Bonchev–Trinajstić information content (AvgIpc) is 3.10. The van der Waals surface area contributed by atoms with Gasteiger partial charge in [0.1, 0.15) is 11.3 Å². The summed E-state index contributed by atoms with van der Waals surface area (Å²) in [5.41, 5.74) is 4.87. The van der Waals surface area contributed by atoms with Crippen molar-refractivity contribution in [2.24, 2.45) is 0 Å². The molecule has 2 aliphatic heterocycles. The number of nitrogens with zero attached hydrogens (tertiary/aromatic N) is 4. The van der Waals surface area contributed by atoms with Crippen molar-refractivity contribution in [3.63, 3.8) is 0 Å². The van der Waals surface area contributed by atoms with Crippen LogP contribution in [-0.2, 0) is 0 Å². The highest BCUT2D eigenvalue weighted by molar-refractivity contribution is 6.05. The number of fused-ring (bicyclic) bond motifs is 3. The van der Waals surface area contributed by atoms with Gasteiger partial charge >= 0.3 is 0 Å². The zero-order valence-corrected chi connectivity index (χ0v) is 14.3. The quantitative estimate of drug-likeness (QED) is 0.737. The molecule has 0 unspecified atom stereocenters. The lowest BCUT2D eigenvalue weighted by molar-refractivity contribution is 0.585. The number of benzene rings is 2. The predicted octanol–water partition coefficient (Wildman–Crippen LogP) is 2.39. The minimum absolute atomic E-state index is 0.230. The van der Waals surface area contributed by atoms with Crippen LogP contribution in [0, 0.1) is 5.21 Å². The fourth-order valence-corrected chi connectivity index (χ4v) is 3.67. The van der Waals surface area contributed by atoms with E-state index in [0.717, 1.165) is 59.4 Å². The molecule has 1 saturated heterocycles. The van der Waals surface area contributed by atoms with E-state index in [1.54, 1.807) is 0 Å². The Hall–Kier alpha value is -2.90. The highest BCUT2D eigenvalue weighted by Gasteiger charge is 2.23. The molecule has 0 saturated carbocycles. The van der Waals surface area contributed by atoms with Crippen molar-refractivity contribution in [2.45, 2.75) is 0 Å². The molecule has 0 bridgehead atoms. The fraction of sp³-hybridized carbons (Fsp3) is 0.263. The van der Waals surface area contributed by atoms with Crippen molar-refractivity contribution in [2.75, 3.05) is 48.1 Å². The summed E-state index contributed by atoms with van der Waals surface area (Å²) in [6.45, 7) is 3.88. The van der Waals surface area contributed by atoms with E-state index in [9.17, 15) is 5.21 Å². The zero-order chi connectivity index (χ0) is 17.5. The van der Waals surface area contributed by atoms with Crippen LogP contribution in [0.15, 0.2) is 42.6 Å². The number of anilines is 3. The van der Waals surface area contributed by atoms with Crippen LogP contribution in [-0.4, -0.2) is 42.8 Å². The molecule has 132 valence electrons. The first-order chi connectivity index (χ1) is 12.8. The molecule has 1 fully saturated rings. The molecule has 1 aromatic heterocycles. The molecular formula is C19H19N6O-. The number of hydrogen-bond acceptors (Lipinski definition) is 7. The molecule has 2 N–H and O–H groups in total. The summed E-state index contributed by atoms with van der Waals surface area (Å²) in [7, 11) is 0. The van der Waals surface area contributed by atoms with Gasteiger partial charge in [0.25, 0.3) is 0 Å². The van der Waals surface area contributed by atoms with Gasteiger partial charge in [-0.2, -0.15) is 0 Å². The second-order valence-electron chi connectivity index (χ2n) is 6.56. The second-order valence-corrected chi connectivity index (χ2v) is 6.56. The molecule has 5 rings (SSSR count). The van der Waals surface area contributed by atoms with E-state index in [1.807, 2.05) is 42.6 Å². The lowest BCUT2D eigenvalue weighted by Gasteiger charge is -2.29. The maximum absolute atomic E-state index is 12.5. The van der Waals surface area contributed by atoms with Gasteiger partial charge in [-0.3, -0.25) is 4.98 Å². The van der Waals surface area contributed by atoms with E-state index in [-0.39, 0.29) is 6.67 Å². The van der Waals surface area contributed by atoms with Crippen LogP contribution in [0.3, 0.4) is 0 Å². The summed E-state index contributed by atoms with van der Waals surface area (Å²) in [5, 5.41) is 20.1. The standard InChI is InChI=1S/C19H19N6O/c26-25-12-22-17-14(13-4-2-1-3-5-13)10-15-18(19(17)25)23-16(11-21-15)24-8-6-20-7-9-24/h1-5,10-11,20,22H,6-9,12H2/q-1. The Kier molecular flexibility index (Phi) is 3.62. The van der Waals surface area contributed by atoms with E-state index in [0.29, 0.717) is 11.2 Å². The monoisotopic (exact) mass is 347 g/mol. The van der Waals surface area contributed by atoms with Crippen molar-refractivity contribution in [1.82, 2.24) is 15.3 Å². The third-order valence-corrected chi connectivity index (χ3v) is 4.97. The van der Waals surface area contributed by atoms with Crippen LogP contribution < -0.4 is 20.6 Å². The average molecular weight is 347 g/mol. The van der Waals surface area contributed by atoms with Gasteiger partial charge in [-0.1, -0.05) is 30.3 Å². The van der Waals surface area contributed by atoms with Crippen molar-refractivity contribution in [3.8, 4) is 11.1 Å². The van der Waals surface area contributed by atoms with Gasteiger partial charge in [0.15, 0.2) is 0 Å². The number of nitrogens with one attached hydrogen (secondary N) is 2. The van der Waals surface area contributed by atoms with Crippen LogP contribution in [0.4, 0.5) is 17.2 Å². The first kappa shape index (κ1) is 15.4. The van der Waals surface area contributed by atoms with Crippen molar-refractivity contribution < 1.29 is 0 Å². The number of piperazine rings is 1. The summed E-state index contributed by atoms with van der Waals surface area (Å²) >= 11 is 0. The van der Waals surface area contributed by atoms with E-state index >= 15 is 0 Å². The van der Waals surface area contributed by atoms with Gasteiger partial charge in [-0.15, -0.1) is 0 Å². The van der Waals surface area contributed by atoms with Gasteiger partial charge in [0.05, 0.1) is 29.8 Å². The van der Waals surface area contributed by atoms with E-state index in [4.69, 9.17) is 4.98 Å². The van der Waals surface area contributed by atoms with Crippen molar-refractivity contribution in [3.05, 3.63) is 47.8 Å². The van der Waals surface area contributed by atoms with Crippen molar-refractivity contribution in [1.29, 1.82) is 0 Å². The Labute approximate surface area is 151 Å². The Morgan fingerprint density at radius 2 is 1.88 bits per heavy atom. The van der Waals surface area contributed by atoms with Crippen LogP contribution >= 0.6 is 0 Å². The maximum Gasteiger partial charge on any atom is 0.148 e. The van der Waals surface area contributed by atoms with Gasteiger partial charge in [-0.05, 0) is 11.6 Å². The van der Waals surface area contributed by atoms with Crippen molar-refractivity contribution >= 4 is 28.2 Å². The Morgan fingerprint density at radius 1 is 1.08 bits per heavy atom. The smallest absolute Gasteiger partial charge is 0.148 e. The number of hydrogen-bond donors (Lipinski definition) is 2. The molecule has 7 heteroatoms. The molecule has 26 heavy (non-hydrogen) atoms. The summed E-state index contributed by atoms with van der Waals surface area (Å²) in [4.78, 5) is 11.7.